The smallest absolute Gasteiger partial charge is 0.120 e. The molecule has 0 radical (unpaired) electrons. The van der Waals surface area contributed by atoms with Crippen LogP contribution in [-0.2, 0) is 13.0 Å². The second kappa shape index (κ2) is 7.03. The zero-order valence-electron chi connectivity index (χ0n) is 12.8. The summed E-state index contributed by atoms with van der Waals surface area (Å²) in [4.78, 5) is 0. The van der Waals surface area contributed by atoms with E-state index in [-0.39, 0.29) is 0 Å². The number of hydrogen-bond acceptors (Lipinski definition) is 1. The number of nitrogens with zero attached hydrogens (tertiary/aromatic N) is 2. The van der Waals surface area contributed by atoms with E-state index in [0.717, 1.165) is 29.6 Å². The normalized spacial score (nSPS) is 15.6. The molecule has 3 heteroatoms. The quantitative estimate of drug-likeness (QED) is 0.764. The van der Waals surface area contributed by atoms with Crippen molar-refractivity contribution in [1.82, 2.24) is 4.57 Å². The SMILES string of the molecule is N#Cc1ccc(CC2CCCCC2)n1Cc1ccc(Cl)cc1. The van der Waals surface area contributed by atoms with Crippen LogP contribution in [-0.4, -0.2) is 4.57 Å². The monoisotopic (exact) mass is 312 g/mol. The second-order valence-electron chi connectivity index (χ2n) is 6.24. The van der Waals surface area contributed by atoms with E-state index in [1.165, 1.54) is 43.4 Å². The third kappa shape index (κ3) is 3.54. The van der Waals surface area contributed by atoms with E-state index in [1.54, 1.807) is 0 Å². The van der Waals surface area contributed by atoms with Crippen LogP contribution in [0.1, 0.15) is 49.1 Å². The molecule has 0 amide bonds. The molecule has 1 aromatic carbocycles. The van der Waals surface area contributed by atoms with Gasteiger partial charge in [-0.15, -0.1) is 0 Å². The van der Waals surface area contributed by atoms with Crippen molar-refractivity contribution in [1.29, 1.82) is 5.26 Å². The Hall–Kier alpha value is -1.72. The van der Waals surface area contributed by atoms with E-state index in [2.05, 4.69) is 16.7 Å². The van der Waals surface area contributed by atoms with Gasteiger partial charge < -0.3 is 4.57 Å². The van der Waals surface area contributed by atoms with Gasteiger partial charge in [0.1, 0.15) is 11.8 Å². The molecule has 0 N–H and O–H groups in total. The van der Waals surface area contributed by atoms with E-state index >= 15 is 0 Å². The van der Waals surface area contributed by atoms with Crippen LogP contribution in [0.25, 0.3) is 0 Å². The van der Waals surface area contributed by atoms with Crippen LogP contribution in [0.4, 0.5) is 0 Å². The summed E-state index contributed by atoms with van der Waals surface area (Å²) in [7, 11) is 0. The molecular weight excluding hydrogens is 292 g/mol. The van der Waals surface area contributed by atoms with Gasteiger partial charge in [-0.05, 0) is 42.2 Å². The van der Waals surface area contributed by atoms with E-state index in [0.29, 0.717) is 0 Å². The molecular formula is C19H21ClN2. The third-order valence-electron chi connectivity index (χ3n) is 4.66. The lowest BCUT2D eigenvalue weighted by Gasteiger charge is -2.22. The fourth-order valence-corrected chi connectivity index (χ4v) is 3.56. The summed E-state index contributed by atoms with van der Waals surface area (Å²) < 4.78 is 2.16. The number of benzene rings is 1. The molecule has 0 saturated heterocycles. The highest BCUT2D eigenvalue weighted by molar-refractivity contribution is 6.30. The van der Waals surface area contributed by atoms with Crippen molar-refractivity contribution in [2.24, 2.45) is 5.92 Å². The van der Waals surface area contributed by atoms with Gasteiger partial charge in [-0.3, -0.25) is 0 Å². The maximum absolute atomic E-state index is 9.37. The molecule has 0 spiro atoms. The van der Waals surface area contributed by atoms with Crippen molar-refractivity contribution >= 4 is 11.6 Å². The number of rotatable bonds is 4. The summed E-state index contributed by atoms with van der Waals surface area (Å²) in [5.41, 5.74) is 3.22. The average molecular weight is 313 g/mol. The van der Waals surface area contributed by atoms with Crippen molar-refractivity contribution in [3.05, 3.63) is 58.4 Å². The lowest BCUT2D eigenvalue weighted by molar-refractivity contribution is 0.351. The van der Waals surface area contributed by atoms with E-state index < -0.39 is 0 Å². The van der Waals surface area contributed by atoms with Gasteiger partial charge in [0, 0.05) is 17.3 Å². The molecule has 0 atom stereocenters. The van der Waals surface area contributed by atoms with Gasteiger partial charge in [0.2, 0.25) is 0 Å². The van der Waals surface area contributed by atoms with Gasteiger partial charge in [-0.2, -0.15) is 5.26 Å². The summed E-state index contributed by atoms with van der Waals surface area (Å²) in [5.74, 6) is 0.777. The first-order valence-corrected chi connectivity index (χ1v) is 8.47. The average Bonchev–Trinajstić information content (AvgIpc) is 2.92. The van der Waals surface area contributed by atoms with Crippen molar-refractivity contribution in [2.75, 3.05) is 0 Å². The summed E-state index contributed by atoms with van der Waals surface area (Å²) in [6.07, 6.45) is 7.84. The van der Waals surface area contributed by atoms with Crippen LogP contribution >= 0.6 is 11.6 Å². The molecule has 1 aliphatic rings. The zero-order valence-corrected chi connectivity index (χ0v) is 13.5. The first-order valence-electron chi connectivity index (χ1n) is 8.09. The lowest BCUT2D eigenvalue weighted by Crippen LogP contribution is -2.14. The number of nitriles is 1. The van der Waals surface area contributed by atoms with Crippen molar-refractivity contribution in [2.45, 2.75) is 45.1 Å². The first-order chi connectivity index (χ1) is 10.8. The van der Waals surface area contributed by atoms with Crippen LogP contribution in [0.2, 0.25) is 5.02 Å². The predicted molar refractivity (Wildman–Crippen MR) is 90.0 cm³/mol. The summed E-state index contributed by atoms with van der Waals surface area (Å²) in [6, 6.07) is 14.3. The van der Waals surface area contributed by atoms with Gasteiger partial charge >= 0.3 is 0 Å². The Balaban J connectivity index is 1.80. The lowest BCUT2D eigenvalue weighted by atomic mass is 9.86. The highest BCUT2D eigenvalue weighted by atomic mass is 35.5. The third-order valence-corrected chi connectivity index (χ3v) is 4.91. The molecule has 0 bridgehead atoms. The molecule has 3 rings (SSSR count). The minimum Gasteiger partial charge on any atom is -0.332 e. The molecule has 0 unspecified atom stereocenters. The maximum Gasteiger partial charge on any atom is 0.120 e. The Morgan fingerprint density at radius 1 is 1.05 bits per heavy atom. The number of halogens is 1. The van der Waals surface area contributed by atoms with Crippen LogP contribution in [0.15, 0.2) is 36.4 Å². The highest BCUT2D eigenvalue weighted by Crippen LogP contribution is 2.28. The molecule has 1 aromatic heterocycles. The standard InChI is InChI=1S/C19H21ClN2/c20-17-8-6-16(7-9-17)14-22-18(10-11-19(22)13-21)12-15-4-2-1-3-5-15/h6-11,15H,1-5,12,14H2. The molecule has 0 aliphatic heterocycles. The van der Waals surface area contributed by atoms with Crippen LogP contribution in [0.5, 0.6) is 0 Å². The molecule has 2 aromatic rings. The van der Waals surface area contributed by atoms with Crippen LogP contribution < -0.4 is 0 Å². The Kier molecular flexibility index (Phi) is 4.85. The first kappa shape index (κ1) is 15.2. The Morgan fingerprint density at radius 2 is 1.77 bits per heavy atom. The second-order valence-corrected chi connectivity index (χ2v) is 6.68. The van der Waals surface area contributed by atoms with Crippen LogP contribution in [0, 0.1) is 17.2 Å². The van der Waals surface area contributed by atoms with Crippen molar-refractivity contribution in [3.63, 3.8) is 0 Å². The van der Waals surface area contributed by atoms with Crippen molar-refractivity contribution < 1.29 is 0 Å². The Bertz CT molecular complexity index is 658. The Labute approximate surface area is 137 Å². The maximum atomic E-state index is 9.37. The highest BCUT2D eigenvalue weighted by Gasteiger charge is 2.17. The molecule has 114 valence electrons. The van der Waals surface area contributed by atoms with Gasteiger partial charge in [-0.1, -0.05) is 55.8 Å². The van der Waals surface area contributed by atoms with Crippen LogP contribution in [0.3, 0.4) is 0 Å². The van der Waals surface area contributed by atoms with Gasteiger partial charge in [-0.25, -0.2) is 0 Å². The molecule has 1 saturated carbocycles. The number of aromatic nitrogens is 1. The summed E-state index contributed by atoms with van der Waals surface area (Å²) >= 11 is 5.95. The fourth-order valence-electron chi connectivity index (χ4n) is 3.43. The van der Waals surface area contributed by atoms with E-state index in [1.807, 2.05) is 30.3 Å². The minimum atomic E-state index is 0.745. The van der Waals surface area contributed by atoms with Gasteiger partial charge in [0.25, 0.3) is 0 Å². The minimum absolute atomic E-state index is 0.745. The molecule has 1 heterocycles. The molecule has 2 nitrogen and oxygen atoms in total. The van der Waals surface area contributed by atoms with Gasteiger partial charge in [0.15, 0.2) is 0 Å². The van der Waals surface area contributed by atoms with Crippen molar-refractivity contribution in [3.8, 4) is 6.07 Å². The van der Waals surface area contributed by atoms with E-state index in [9.17, 15) is 5.26 Å². The topological polar surface area (TPSA) is 28.7 Å². The van der Waals surface area contributed by atoms with Gasteiger partial charge in [0.05, 0.1) is 0 Å². The molecule has 22 heavy (non-hydrogen) atoms. The molecule has 1 fully saturated rings. The zero-order chi connectivity index (χ0) is 15.4. The predicted octanol–water partition coefficient (Wildman–Crippen LogP) is 5.18. The van der Waals surface area contributed by atoms with E-state index in [4.69, 9.17) is 11.6 Å². The molecule has 1 aliphatic carbocycles. The Morgan fingerprint density at radius 3 is 2.45 bits per heavy atom. The largest absolute Gasteiger partial charge is 0.332 e. The summed E-state index contributed by atoms with van der Waals surface area (Å²) in [6.45, 7) is 0.745. The fraction of sp³-hybridized carbons (Fsp3) is 0.421. The summed E-state index contributed by atoms with van der Waals surface area (Å²) in [5, 5.41) is 10.1. The number of hydrogen-bond donors (Lipinski definition) is 0.